The number of phenolic OH excluding ortho intramolecular Hbond substituents is 1. The zero-order chi connectivity index (χ0) is 14.1. The van der Waals surface area contributed by atoms with E-state index in [4.69, 9.17) is 21.1 Å². The highest BCUT2D eigenvalue weighted by Gasteiger charge is 2.14. The predicted octanol–water partition coefficient (Wildman–Crippen LogP) is 3.50. The maximum Gasteiger partial charge on any atom is 0.311 e. The first-order chi connectivity index (χ1) is 9.19. The van der Waals surface area contributed by atoms with Crippen LogP contribution in [0.5, 0.6) is 17.2 Å². The fraction of sp³-hybridized carbons (Fsp3) is 0.500. The van der Waals surface area contributed by atoms with Crippen molar-refractivity contribution in [3.05, 3.63) is 18.2 Å². The van der Waals surface area contributed by atoms with Crippen molar-refractivity contribution in [3.8, 4) is 17.2 Å². The third kappa shape index (κ3) is 5.39. The summed E-state index contributed by atoms with van der Waals surface area (Å²) in [6, 6.07) is 4.69. The van der Waals surface area contributed by atoms with Crippen LogP contribution >= 0.6 is 11.6 Å². The van der Waals surface area contributed by atoms with E-state index in [-0.39, 0.29) is 24.1 Å². The summed E-state index contributed by atoms with van der Waals surface area (Å²) in [6.45, 7) is 2.35. The Bertz CT molecular complexity index is 406. The minimum absolute atomic E-state index is 0.0640. The van der Waals surface area contributed by atoms with Gasteiger partial charge < -0.3 is 14.6 Å². The second-order valence-electron chi connectivity index (χ2n) is 4.07. The minimum atomic E-state index is -0.370. The van der Waals surface area contributed by atoms with Crippen molar-refractivity contribution in [2.45, 2.75) is 32.6 Å². The van der Waals surface area contributed by atoms with Crippen LogP contribution < -0.4 is 9.47 Å². The number of esters is 1. The van der Waals surface area contributed by atoms with Gasteiger partial charge in [0.15, 0.2) is 11.5 Å². The summed E-state index contributed by atoms with van der Waals surface area (Å²) < 4.78 is 10.5. The normalized spacial score (nSPS) is 10.2. The monoisotopic (exact) mass is 286 g/mol. The molecule has 0 aromatic heterocycles. The Morgan fingerprint density at radius 1 is 1.37 bits per heavy atom. The van der Waals surface area contributed by atoms with Crippen molar-refractivity contribution in [1.29, 1.82) is 0 Å². The molecular formula is C14H19ClO4. The second-order valence-corrected chi connectivity index (χ2v) is 4.45. The number of rotatable bonds is 8. The molecule has 19 heavy (non-hydrogen) atoms. The van der Waals surface area contributed by atoms with E-state index in [1.54, 1.807) is 12.1 Å². The Balaban J connectivity index is 2.67. The van der Waals surface area contributed by atoms with Gasteiger partial charge in [-0.1, -0.05) is 25.8 Å². The smallest absolute Gasteiger partial charge is 0.311 e. The van der Waals surface area contributed by atoms with Gasteiger partial charge in [0.25, 0.3) is 0 Å². The first kappa shape index (κ1) is 15.6. The molecule has 0 unspecified atom stereocenters. The van der Waals surface area contributed by atoms with Gasteiger partial charge in [-0.3, -0.25) is 4.79 Å². The summed E-state index contributed by atoms with van der Waals surface area (Å²) in [6.07, 6.45) is 3.12. The highest BCUT2D eigenvalue weighted by Crippen LogP contribution is 2.36. The van der Waals surface area contributed by atoms with Crippen LogP contribution in [0, 0.1) is 0 Å². The fourth-order valence-electron chi connectivity index (χ4n) is 1.55. The maximum atomic E-state index is 11.7. The Labute approximate surface area is 118 Å². The van der Waals surface area contributed by atoms with Crippen molar-refractivity contribution >= 4 is 17.6 Å². The Morgan fingerprint density at radius 3 is 2.84 bits per heavy atom. The van der Waals surface area contributed by atoms with Gasteiger partial charge in [0.05, 0.1) is 5.88 Å². The molecule has 1 N–H and O–H groups in total. The third-order valence-electron chi connectivity index (χ3n) is 2.49. The summed E-state index contributed by atoms with van der Waals surface area (Å²) in [4.78, 5) is 11.7. The van der Waals surface area contributed by atoms with Crippen molar-refractivity contribution in [2.24, 2.45) is 0 Å². The van der Waals surface area contributed by atoms with Gasteiger partial charge in [0, 0.05) is 6.42 Å². The van der Waals surface area contributed by atoms with E-state index in [1.165, 1.54) is 6.07 Å². The zero-order valence-corrected chi connectivity index (χ0v) is 11.8. The molecule has 0 aliphatic rings. The topological polar surface area (TPSA) is 55.8 Å². The van der Waals surface area contributed by atoms with Crippen LogP contribution in [0.25, 0.3) is 0 Å². The quantitative estimate of drug-likeness (QED) is 0.344. The van der Waals surface area contributed by atoms with E-state index in [9.17, 15) is 9.90 Å². The van der Waals surface area contributed by atoms with Crippen LogP contribution in [0.15, 0.2) is 18.2 Å². The largest absolute Gasteiger partial charge is 0.504 e. The summed E-state index contributed by atoms with van der Waals surface area (Å²) >= 11 is 5.54. The van der Waals surface area contributed by atoms with Gasteiger partial charge in [-0.25, -0.2) is 0 Å². The van der Waals surface area contributed by atoms with Gasteiger partial charge in [-0.15, -0.1) is 11.6 Å². The first-order valence-electron chi connectivity index (χ1n) is 6.40. The number of hydrogen-bond acceptors (Lipinski definition) is 4. The highest BCUT2D eigenvalue weighted by atomic mass is 35.5. The Hall–Kier alpha value is -1.42. The van der Waals surface area contributed by atoms with Gasteiger partial charge >= 0.3 is 5.97 Å². The molecule has 1 rings (SSSR count). The number of aromatic hydroxyl groups is 1. The average Bonchev–Trinajstić information content (AvgIpc) is 2.40. The van der Waals surface area contributed by atoms with Gasteiger partial charge in [0.1, 0.15) is 6.61 Å². The van der Waals surface area contributed by atoms with Crippen LogP contribution in [0.2, 0.25) is 0 Å². The average molecular weight is 287 g/mol. The number of alkyl halides is 1. The number of carbonyl (C=O) groups is 1. The molecule has 0 radical (unpaired) electrons. The van der Waals surface area contributed by atoms with E-state index in [0.717, 1.165) is 19.3 Å². The predicted molar refractivity (Wildman–Crippen MR) is 74.1 cm³/mol. The molecule has 0 aliphatic heterocycles. The number of phenols is 1. The lowest BCUT2D eigenvalue weighted by atomic mass is 10.2. The molecule has 1 aromatic carbocycles. The number of halogens is 1. The molecule has 4 nitrogen and oxygen atoms in total. The molecule has 5 heteroatoms. The molecule has 0 atom stereocenters. The lowest BCUT2D eigenvalue weighted by Gasteiger charge is -2.12. The second kappa shape index (κ2) is 8.64. The first-order valence-corrected chi connectivity index (χ1v) is 6.94. The van der Waals surface area contributed by atoms with Crippen LogP contribution in [0.3, 0.4) is 0 Å². The molecule has 0 amide bonds. The molecule has 0 bridgehead atoms. The van der Waals surface area contributed by atoms with E-state index in [0.29, 0.717) is 18.1 Å². The Kier molecular flexibility index (Phi) is 7.11. The van der Waals surface area contributed by atoms with Crippen LogP contribution in [0.4, 0.5) is 0 Å². The molecule has 0 fully saturated rings. The Morgan fingerprint density at radius 2 is 2.16 bits per heavy atom. The standard InChI is InChI=1S/C14H19ClO4/c1-2-3-4-8-13(17)19-14-11(16)6-5-7-12(14)18-10-9-15/h5-7,16H,2-4,8-10H2,1H3. The SMILES string of the molecule is CCCCCC(=O)Oc1c(O)cccc1OCCCl. The minimum Gasteiger partial charge on any atom is -0.504 e. The van der Waals surface area contributed by atoms with Crippen molar-refractivity contribution in [2.75, 3.05) is 12.5 Å². The lowest BCUT2D eigenvalue weighted by molar-refractivity contribution is -0.134. The van der Waals surface area contributed by atoms with Crippen molar-refractivity contribution in [3.63, 3.8) is 0 Å². The maximum absolute atomic E-state index is 11.7. The molecule has 0 saturated carbocycles. The summed E-state index contributed by atoms with van der Waals surface area (Å²) in [5, 5.41) is 9.72. The van der Waals surface area contributed by atoms with Crippen LogP contribution in [0.1, 0.15) is 32.6 Å². The molecule has 0 heterocycles. The van der Waals surface area contributed by atoms with E-state index >= 15 is 0 Å². The summed E-state index contributed by atoms with van der Waals surface area (Å²) in [5.74, 6) is 0.222. The van der Waals surface area contributed by atoms with Gasteiger partial charge in [0.2, 0.25) is 5.75 Å². The molecule has 106 valence electrons. The van der Waals surface area contributed by atoms with Crippen LogP contribution in [-0.2, 0) is 4.79 Å². The fourth-order valence-corrected chi connectivity index (χ4v) is 1.63. The zero-order valence-electron chi connectivity index (χ0n) is 11.0. The summed E-state index contributed by atoms with van der Waals surface area (Å²) in [7, 11) is 0. The number of hydrogen-bond donors (Lipinski definition) is 1. The van der Waals surface area contributed by atoms with Gasteiger partial charge in [-0.05, 0) is 18.6 Å². The molecule has 0 saturated heterocycles. The highest BCUT2D eigenvalue weighted by molar-refractivity contribution is 6.18. The number of carbonyl (C=O) groups excluding carboxylic acids is 1. The van der Waals surface area contributed by atoms with Crippen molar-refractivity contribution in [1.82, 2.24) is 0 Å². The molecule has 0 aliphatic carbocycles. The molecular weight excluding hydrogens is 268 g/mol. The van der Waals surface area contributed by atoms with E-state index < -0.39 is 0 Å². The van der Waals surface area contributed by atoms with E-state index in [2.05, 4.69) is 6.92 Å². The van der Waals surface area contributed by atoms with E-state index in [1.807, 2.05) is 0 Å². The lowest BCUT2D eigenvalue weighted by Crippen LogP contribution is -2.09. The summed E-state index contributed by atoms with van der Waals surface area (Å²) in [5.41, 5.74) is 0. The molecule has 0 spiro atoms. The number of benzene rings is 1. The number of ether oxygens (including phenoxy) is 2. The number of para-hydroxylation sites is 1. The molecule has 1 aromatic rings. The van der Waals surface area contributed by atoms with Crippen LogP contribution in [-0.4, -0.2) is 23.6 Å². The third-order valence-corrected chi connectivity index (χ3v) is 2.65. The van der Waals surface area contributed by atoms with Crippen molar-refractivity contribution < 1.29 is 19.4 Å². The number of unbranched alkanes of at least 4 members (excludes halogenated alkanes) is 2. The van der Waals surface area contributed by atoms with Gasteiger partial charge in [-0.2, -0.15) is 0 Å².